The van der Waals surface area contributed by atoms with Gasteiger partial charge in [0.15, 0.2) is 0 Å². The molecule has 0 unspecified atom stereocenters. The molecule has 0 spiro atoms. The first-order valence-corrected chi connectivity index (χ1v) is 2.99. The van der Waals surface area contributed by atoms with Gasteiger partial charge >= 0.3 is 0 Å². The van der Waals surface area contributed by atoms with Crippen LogP contribution in [0.5, 0.6) is 0 Å². The number of terminal acetylenes is 1. The fraction of sp³-hybridized carbons (Fsp3) is 0.143. The third-order valence-corrected chi connectivity index (χ3v) is 1.30. The van der Waals surface area contributed by atoms with Crippen molar-refractivity contribution < 1.29 is 4.92 Å². The number of hydrogen-bond donors (Lipinski definition) is 0. The van der Waals surface area contributed by atoms with Gasteiger partial charge in [0.05, 0.1) is 11.5 Å². The quantitative estimate of drug-likeness (QED) is 0.312. The summed E-state index contributed by atoms with van der Waals surface area (Å²) in [7, 11) is 0. The smallest absolute Gasteiger partial charge is 0.268 e. The Bertz CT molecular complexity index is 273. The van der Waals surface area contributed by atoms with Crippen LogP contribution in [0, 0.1) is 22.6 Å². The van der Waals surface area contributed by atoms with Crippen LogP contribution in [-0.2, 0) is 0 Å². The van der Waals surface area contributed by atoms with Crippen molar-refractivity contribution in [1.29, 1.82) is 0 Å². The number of hydrogen-bond acceptors (Lipinski definition) is 3. The van der Waals surface area contributed by atoms with Gasteiger partial charge < -0.3 is 4.90 Å². The predicted octanol–water partition coefficient (Wildman–Crippen LogP) is 0.567. The topological polar surface area (TPSA) is 46.4 Å². The minimum absolute atomic E-state index is 0.0940. The van der Waals surface area contributed by atoms with Crippen molar-refractivity contribution in [3.63, 3.8) is 0 Å². The van der Waals surface area contributed by atoms with Crippen LogP contribution in [0.1, 0.15) is 0 Å². The van der Waals surface area contributed by atoms with E-state index in [1.807, 2.05) is 0 Å². The zero-order valence-electron chi connectivity index (χ0n) is 5.73. The van der Waals surface area contributed by atoms with E-state index in [-0.39, 0.29) is 5.70 Å². The Morgan fingerprint density at radius 2 is 2.55 bits per heavy atom. The molecule has 0 N–H and O–H groups in total. The van der Waals surface area contributed by atoms with Crippen molar-refractivity contribution in [3.8, 4) is 12.5 Å². The molecule has 0 aromatic carbocycles. The highest BCUT2D eigenvalue weighted by molar-refractivity contribution is 5.18. The van der Waals surface area contributed by atoms with E-state index in [0.29, 0.717) is 6.54 Å². The summed E-state index contributed by atoms with van der Waals surface area (Å²) in [4.78, 5) is 11.2. The number of allylic oxidation sites excluding steroid dienone is 1. The zero-order valence-corrected chi connectivity index (χ0v) is 5.73. The summed E-state index contributed by atoms with van der Waals surface area (Å²) in [5.74, 6) is 0. The third-order valence-electron chi connectivity index (χ3n) is 1.30. The summed E-state index contributed by atoms with van der Waals surface area (Å²) in [6, 6.07) is 2.34. The minimum atomic E-state index is -0.440. The second-order valence-corrected chi connectivity index (χ2v) is 1.98. The van der Waals surface area contributed by atoms with Gasteiger partial charge in [0.1, 0.15) is 0 Å². The van der Waals surface area contributed by atoms with E-state index in [1.54, 1.807) is 0 Å². The molecule has 0 fully saturated rings. The lowest BCUT2D eigenvalue weighted by molar-refractivity contribution is -0.419. The first-order valence-electron chi connectivity index (χ1n) is 2.99. The molecule has 11 heavy (non-hydrogen) atoms. The molecule has 0 saturated heterocycles. The largest absolute Gasteiger partial charge is 0.305 e. The van der Waals surface area contributed by atoms with Crippen molar-refractivity contribution >= 4 is 0 Å². The van der Waals surface area contributed by atoms with Gasteiger partial charge in [-0.25, -0.2) is 0 Å². The summed E-state index contributed by atoms with van der Waals surface area (Å²) in [5, 5.41) is 10.2. The highest BCUT2D eigenvalue weighted by Gasteiger charge is 2.10. The fourth-order valence-electron chi connectivity index (χ4n) is 0.718. The minimum Gasteiger partial charge on any atom is -0.305 e. The Morgan fingerprint density at radius 1 is 1.82 bits per heavy atom. The molecular weight excluding hydrogens is 144 g/mol. The lowest BCUT2D eigenvalue weighted by Gasteiger charge is -2.11. The average Bonchev–Trinajstić information content (AvgIpc) is 2.05. The van der Waals surface area contributed by atoms with Crippen molar-refractivity contribution in [1.82, 2.24) is 4.90 Å². The molecule has 0 amide bonds. The number of nitrogens with zero attached hydrogens (tertiary/aromatic N) is 2. The first-order chi connectivity index (χ1) is 5.24. The van der Waals surface area contributed by atoms with E-state index in [2.05, 4.69) is 6.04 Å². The predicted molar refractivity (Wildman–Crippen MR) is 39.8 cm³/mol. The van der Waals surface area contributed by atoms with Crippen molar-refractivity contribution in [3.05, 3.63) is 34.2 Å². The van der Waals surface area contributed by atoms with Crippen LogP contribution in [0.3, 0.4) is 0 Å². The maximum Gasteiger partial charge on any atom is 0.268 e. The molecule has 56 valence electrons. The molecule has 4 heteroatoms. The molecule has 0 bridgehead atoms. The lowest BCUT2D eigenvalue weighted by atomic mass is 10.3. The van der Waals surface area contributed by atoms with Gasteiger partial charge in [0, 0.05) is 24.4 Å². The maximum atomic E-state index is 10.2. The van der Waals surface area contributed by atoms with Gasteiger partial charge in [0.25, 0.3) is 5.70 Å². The SMILES string of the molecule is C#CN1C=CC([N+](=O)[O-])=CC1. The van der Waals surface area contributed by atoms with Crippen molar-refractivity contribution in [2.45, 2.75) is 0 Å². The van der Waals surface area contributed by atoms with Crippen molar-refractivity contribution in [2.24, 2.45) is 0 Å². The van der Waals surface area contributed by atoms with Gasteiger partial charge in [0.2, 0.25) is 0 Å². The number of nitro groups is 1. The lowest BCUT2D eigenvalue weighted by Crippen LogP contribution is -2.15. The van der Waals surface area contributed by atoms with Gasteiger partial charge in [-0.05, 0) is 0 Å². The van der Waals surface area contributed by atoms with Crippen LogP contribution in [0.15, 0.2) is 24.0 Å². The van der Waals surface area contributed by atoms with E-state index in [0.717, 1.165) is 0 Å². The highest BCUT2D eigenvalue weighted by Crippen LogP contribution is 2.05. The molecule has 1 aliphatic rings. The van der Waals surface area contributed by atoms with Gasteiger partial charge in [-0.3, -0.25) is 10.1 Å². The molecule has 0 aromatic rings. The Kier molecular flexibility index (Phi) is 1.93. The Balaban J connectivity index is 2.69. The van der Waals surface area contributed by atoms with Crippen LogP contribution >= 0.6 is 0 Å². The standard InChI is InChI=1S/C7H6N2O2/c1-2-8-5-3-7(4-6-8)9(10)11/h1,3-5H,6H2. The summed E-state index contributed by atoms with van der Waals surface area (Å²) in [6.07, 6.45) is 9.41. The van der Waals surface area contributed by atoms with Crippen LogP contribution in [0.2, 0.25) is 0 Å². The molecular formula is C7H6N2O2. The van der Waals surface area contributed by atoms with E-state index < -0.39 is 4.92 Å². The molecule has 0 radical (unpaired) electrons. The Morgan fingerprint density at radius 3 is 2.91 bits per heavy atom. The van der Waals surface area contributed by atoms with E-state index in [9.17, 15) is 10.1 Å². The molecule has 1 aliphatic heterocycles. The Hall–Kier alpha value is -1.76. The second kappa shape index (κ2) is 2.88. The molecule has 4 nitrogen and oxygen atoms in total. The molecule has 0 saturated carbocycles. The third kappa shape index (κ3) is 1.58. The maximum absolute atomic E-state index is 10.2. The molecule has 0 atom stereocenters. The molecule has 0 aliphatic carbocycles. The first kappa shape index (κ1) is 7.35. The van der Waals surface area contributed by atoms with Crippen LogP contribution in [-0.4, -0.2) is 16.4 Å². The molecule has 1 heterocycles. The van der Waals surface area contributed by atoms with E-state index in [4.69, 9.17) is 6.42 Å². The second-order valence-electron chi connectivity index (χ2n) is 1.98. The Labute approximate surface area is 64.0 Å². The van der Waals surface area contributed by atoms with Crippen LogP contribution in [0.25, 0.3) is 0 Å². The molecule has 1 rings (SSSR count). The van der Waals surface area contributed by atoms with Crippen molar-refractivity contribution in [2.75, 3.05) is 6.54 Å². The molecule has 0 aromatic heterocycles. The fourth-order valence-corrected chi connectivity index (χ4v) is 0.718. The van der Waals surface area contributed by atoms with Gasteiger partial charge in [-0.1, -0.05) is 6.42 Å². The monoisotopic (exact) mass is 150 g/mol. The summed E-state index contributed by atoms with van der Waals surface area (Å²) < 4.78 is 0. The van der Waals surface area contributed by atoms with Gasteiger partial charge in [-0.15, -0.1) is 0 Å². The summed E-state index contributed by atoms with van der Waals surface area (Å²) >= 11 is 0. The van der Waals surface area contributed by atoms with Gasteiger partial charge in [-0.2, -0.15) is 0 Å². The summed E-state index contributed by atoms with van der Waals surface area (Å²) in [5.41, 5.74) is 0.0940. The van der Waals surface area contributed by atoms with Crippen LogP contribution < -0.4 is 0 Å². The van der Waals surface area contributed by atoms with E-state index >= 15 is 0 Å². The average molecular weight is 150 g/mol. The summed E-state index contributed by atoms with van der Waals surface area (Å²) in [6.45, 7) is 0.406. The zero-order chi connectivity index (χ0) is 8.27. The normalized spacial score (nSPS) is 15.5. The van der Waals surface area contributed by atoms with E-state index in [1.165, 1.54) is 23.3 Å². The highest BCUT2D eigenvalue weighted by atomic mass is 16.6. The number of rotatable bonds is 1. The van der Waals surface area contributed by atoms with Crippen LogP contribution in [0.4, 0.5) is 0 Å².